The second-order valence-corrected chi connectivity index (χ2v) is 8.02. The average molecular weight is 292 g/mol. The van der Waals surface area contributed by atoms with Gasteiger partial charge in [-0.25, -0.2) is 0 Å². The first-order valence-corrected chi connectivity index (χ1v) is 9.05. The molecule has 0 aromatic carbocycles. The molecule has 3 heteroatoms. The van der Waals surface area contributed by atoms with Crippen molar-refractivity contribution in [3.8, 4) is 0 Å². The predicted octanol–water partition coefficient (Wildman–Crippen LogP) is 4.01. The zero-order chi connectivity index (χ0) is 13.9. The van der Waals surface area contributed by atoms with E-state index in [2.05, 4.69) is 36.3 Å². The minimum absolute atomic E-state index is 0.791. The van der Waals surface area contributed by atoms with Crippen LogP contribution in [0.25, 0.3) is 0 Å². The average Bonchev–Trinajstić information content (AvgIpc) is 3.17. The Morgan fingerprint density at radius 1 is 1.15 bits per heavy atom. The van der Waals surface area contributed by atoms with Crippen molar-refractivity contribution in [2.24, 2.45) is 5.92 Å². The van der Waals surface area contributed by atoms with Crippen LogP contribution in [-0.2, 0) is 13.1 Å². The van der Waals surface area contributed by atoms with Crippen molar-refractivity contribution < 1.29 is 0 Å². The van der Waals surface area contributed by atoms with E-state index in [4.69, 9.17) is 0 Å². The van der Waals surface area contributed by atoms with Crippen molar-refractivity contribution in [3.05, 3.63) is 21.9 Å². The minimum Gasteiger partial charge on any atom is -0.309 e. The lowest BCUT2D eigenvalue weighted by Gasteiger charge is -2.36. The Bertz CT molecular complexity index is 424. The smallest absolute Gasteiger partial charge is 0.0328 e. The van der Waals surface area contributed by atoms with Gasteiger partial charge in [0.1, 0.15) is 0 Å². The van der Waals surface area contributed by atoms with E-state index < -0.39 is 0 Å². The van der Waals surface area contributed by atoms with Gasteiger partial charge in [-0.15, -0.1) is 11.3 Å². The molecular weight excluding hydrogens is 264 g/mol. The van der Waals surface area contributed by atoms with Gasteiger partial charge in [0.25, 0.3) is 0 Å². The molecule has 2 saturated carbocycles. The largest absolute Gasteiger partial charge is 0.309 e. The molecule has 0 amide bonds. The number of nitrogens with one attached hydrogen (secondary N) is 1. The van der Waals surface area contributed by atoms with Crippen LogP contribution < -0.4 is 5.32 Å². The fraction of sp³-hybridized carbons (Fsp3) is 0.765. The fourth-order valence-electron chi connectivity index (χ4n) is 3.45. The highest BCUT2D eigenvalue weighted by molar-refractivity contribution is 7.11. The number of hydrogen-bond acceptors (Lipinski definition) is 3. The topological polar surface area (TPSA) is 15.3 Å². The molecule has 2 fully saturated rings. The van der Waals surface area contributed by atoms with E-state index in [1.54, 1.807) is 0 Å². The van der Waals surface area contributed by atoms with Crippen LogP contribution in [0.3, 0.4) is 0 Å². The van der Waals surface area contributed by atoms with E-state index in [0.717, 1.165) is 31.1 Å². The normalized spacial score (nSPS) is 27.1. The molecule has 1 aromatic heterocycles. The Morgan fingerprint density at radius 3 is 2.65 bits per heavy atom. The molecule has 2 aliphatic rings. The maximum Gasteiger partial charge on any atom is 0.0328 e. The third kappa shape index (κ3) is 3.84. The Labute approximate surface area is 127 Å². The maximum atomic E-state index is 3.61. The summed E-state index contributed by atoms with van der Waals surface area (Å²) in [5.74, 6) is 0.865. The van der Waals surface area contributed by atoms with Crippen molar-refractivity contribution in [3.63, 3.8) is 0 Å². The molecule has 2 nitrogen and oxygen atoms in total. The number of hydrogen-bond donors (Lipinski definition) is 1. The van der Waals surface area contributed by atoms with Gasteiger partial charge in [-0.1, -0.05) is 19.8 Å². The summed E-state index contributed by atoms with van der Waals surface area (Å²) in [5.41, 5.74) is 0. The van der Waals surface area contributed by atoms with Crippen molar-refractivity contribution in [2.45, 2.75) is 70.6 Å². The van der Waals surface area contributed by atoms with Crippen LogP contribution in [0.5, 0.6) is 0 Å². The summed E-state index contributed by atoms with van der Waals surface area (Å²) in [4.78, 5) is 5.61. The molecule has 1 aromatic rings. The third-order valence-electron chi connectivity index (χ3n) is 4.90. The highest BCUT2D eigenvalue weighted by Crippen LogP contribution is 2.29. The van der Waals surface area contributed by atoms with Crippen LogP contribution in [0.4, 0.5) is 0 Å². The SMILES string of the molecule is CC1CCCCC1N(C)Cc1ccc(CNC2CC2)s1. The van der Waals surface area contributed by atoms with Crippen molar-refractivity contribution in [1.82, 2.24) is 10.2 Å². The van der Waals surface area contributed by atoms with Gasteiger partial charge >= 0.3 is 0 Å². The van der Waals surface area contributed by atoms with Crippen LogP contribution >= 0.6 is 11.3 Å². The Morgan fingerprint density at radius 2 is 1.90 bits per heavy atom. The van der Waals surface area contributed by atoms with Gasteiger partial charge < -0.3 is 5.32 Å². The number of thiophene rings is 1. The highest BCUT2D eigenvalue weighted by Gasteiger charge is 2.25. The van der Waals surface area contributed by atoms with E-state index in [0.29, 0.717) is 0 Å². The van der Waals surface area contributed by atoms with Gasteiger partial charge in [-0.3, -0.25) is 4.90 Å². The van der Waals surface area contributed by atoms with Crippen LogP contribution in [0.2, 0.25) is 0 Å². The van der Waals surface area contributed by atoms with Crippen molar-refractivity contribution in [2.75, 3.05) is 7.05 Å². The molecule has 2 atom stereocenters. The van der Waals surface area contributed by atoms with E-state index in [-0.39, 0.29) is 0 Å². The zero-order valence-electron chi connectivity index (χ0n) is 12.9. The Hall–Kier alpha value is -0.380. The van der Waals surface area contributed by atoms with Gasteiger partial charge in [0.2, 0.25) is 0 Å². The Kier molecular flexibility index (Phi) is 4.79. The predicted molar refractivity (Wildman–Crippen MR) is 87.1 cm³/mol. The lowest BCUT2D eigenvalue weighted by atomic mass is 9.85. The van der Waals surface area contributed by atoms with Crippen LogP contribution in [0, 0.1) is 5.92 Å². The minimum atomic E-state index is 0.791. The molecule has 1 heterocycles. The molecule has 2 unspecified atom stereocenters. The second kappa shape index (κ2) is 6.59. The number of nitrogens with zero attached hydrogens (tertiary/aromatic N) is 1. The van der Waals surface area contributed by atoms with Gasteiger partial charge in [-0.2, -0.15) is 0 Å². The molecule has 112 valence electrons. The highest BCUT2D eigenvalue weighted by atomic mass is 32.1. The monoisotopic (exact) mass is 292 g/mol. The maximum absolute atomic E-state index is 3.61. The molecule has 0 saturated heterocycles. The lowest BCUT2D eigenvalue weighted by molar-refractivity contribution is 0.134. The summed E-state index contributed by atoms with van der Waals surface area (Å²) in [5, 5.41) is 3.61. The molecular formula is C17H28N2S. The summed E-state index contributed by atoms with van der Waals surface area (Å²) in [6.07, 6.45) is 8.40. The van der Waals surface area contributed by atoms with Crippen molar-refractivity contribution in [1.29, 1.82) is 0 Å². The molecule has 0 radical (unpaired) electrons. The van der Waals surface area contributed by atoms with Gasteiger partial charge in [0.05, 0.1) is 0 Å². The van der Waals surface area contributed by atoms with E-state index >= 15 is 0 Å². The summed E-state index contributed by atoms with van der Waals surface area (Å²) < 4.78 is 0. The number of rotatable bonds is 6. The molecule has 0 spiro atoms. The van der Waals surface area contributed by atoms with Crippen LogP contribution in [-0.4, -0.2) is 24.0 Å². The fourth-order valence-corrected chi connectivity index (χ4v) is 4.48. The van der Waals surface area contributed by atoms with Gasteiger partial charge in [-0.05, 0) is 50.8 Å². The van der Waals surface area contributed by atoms with Gasteiger partial charge in [0, 0.05) is 34.9 Å². The van der Waals surface area contributed by atoms with E-state index in [1.807, 2.05) is 11.3 Å². The molecule has 20 heavy (non-hydrogen) atoms. The standard InChI is InChI=1S/C17H28N2S/c1-13-5-3-4-6-17(13)19(2)12-16-10-9-15(20-16)11-18-14-7-8-14/h9-10,13-14,17-18H,3-8,11-12H2,1-2H3. The lowest BCUT2D eigenvalue weighted by Crippen LogP contribution is -2.38. The molecule has 0 aliphatic heterocycles. The molecule has 1 N–H and O–H groups in total. The zero-order valence-corrected chi connectivity index (χ0v) is 13.7. The summed E-state index contributed by atoms with van der Waals surface area (Å²) in [6.45, 7) is 4.63. The van der Waals surface area contributed by atoms with Crippen LogP contribution in [0.15, 0.2) is 12.1 Å². The van der Waals surface area contributed by atoms with Crippen molar-refractivity contribution >= 4 is 11.3 Å². The first-order chi connectivity index (χ1) is 9.72. The summed E-state index contributed by atoms with van der Waals surface area (Å²) >= 11 is 1.99. The second-order valence-electron chi connectivity index (χ2n) is 6.77. The summed E-state index contributed by atoms with van der Waals surface area (Å²) in [7, 11) is 2.31. The third-order valence-corrected chi connectivity index (χ3v) is 5.97. The van der Waals surface area contributed by atoms with Crippen LogP contribution in [0.1, 0.15) is 55.2 Å². The first-order valence-electron chi connectivity index (χ1n) is 8.23. The quantitative estimate of drug-likeness (QED) is 0.852. The van der Waals surface area contributed by atoms with E-state index in [9.17, 15) is 0 Å². The molecule has 2 aliphatic carbocycles. The molecule has 0 bridgehead atoms. The first kappa shape index (κ1) is 14.6. The summed E-state index contributed by atoms with van der Waals surface area (Å²) in [6, 6.07) is 6.25. The molecule has 3 rings (SSSR count). The van der Waals surface area contributed by atoms with E-state index in [1.165, 1.54) is 48.3 Å². The van der Waals surface area contributed by atoms with Gasteiger partial charge in [0.15, 0.2) is 0 Å². The Balaban J connectivity index is 1.50.